The highest BCUT2D eigenvalue weighted by Crippen LogP contribution is 2.37. The SMILES string of the molecule is O=C(Nc1ccccc1Sc1ccccc1)[C@H]1CN(S(=O)(=O)Cc2ccccc2)c2ccccc2O1. The summed E-state index contributed by atoms with van der Waals surface area (Å²) in [7, 11) is -3.77. The minimum absolute atomic E-state index is 0.119. The van der Waals surface area contributed by atoms with Crippen molar-refractivity contribution >= 4 is 39.1 Å². The minimum Gasteiger partial charge on any atom is -0.476 e. The van der Waals surface area contributed by atoms with Crippen molar-refractivity contribution in [3.63, 3.8) is 0 Å². The number of anilines is 2. The molecule has 0 aliphatic carbocycles. The van der Waals surface area contributed by atoms with Gasteiger partial charge in [0.05, 0.1) is 23.7 Å². The molecule has 1 N–H and O–H groups in total. The molecule has 5 rings (SSSR count). The molecule has 1 aliphatic rings. The van der Waals surface area contributed by atoms with E-state index in [0.29, 0.717) is 22.7 Å². The Bertz CT molecular complexity index is 1460. The standard InChI is InChI=1S/C28H24N2O4S2/c31-28(29-23-15-7-10-18-27(23)35-22-13-5-2-6-14-22)26-19-30(24-16-8-9-17-25(24)34-26)36(32,33)20-21-11-3-1-4-12-21/h1-18,26H,19-20H2,(H,29,31)/t26-/m1/s1. The molecule has 0 fully saturated rings. The van der Waals surface area contributed by atoms with Crippen LogP contribution in [0.4, 0.5) is 11.4 Å². The number of nitrogens with zero attached hydrogens (tertiary/aromatic N) is 1. The lowest BCUT2D eigenvalue weighted by Crippen LogP contribution is -2.49. The number of para-hydroxylation sites is 3. The maximum absolute atomic E-state index is 13.4. The summed E-state index contributed by atoms with van der Waals surface area (Å²) in [4.78, 5) is 15.3. The van der Waals surface area contributed by atoms with Gasteiger partial charge in [0.25, 0.3) is 5.91 Å². The molecule has 0 saturated heterocycles. The molecule has 0 unspecified atom stereocenters. The lowest BCUT2D eigenvalue weighted by atomic mass is 10.2. The number of hydrogen-bond donors (Lipinski definition) is 1. The first-order valence-electron chi connectivity index (χ1n) is 11.4. The number of hydrogen-bond acceptors (Lipinski definition) is 5. The van der Waals surface area contributed by atoms with Gasteiger partial charge in [0, 0.05) is 9.79 Å². The highest BCUT2D eigenvalue weighted by molar-refractivity contribution is 7.99. The molecule has 1 atom stereocenters. The number of nitrogens with one attached hydrogen (secondary N) is 1. The molecule has 0 spiro atoms. The predicted octanol–water partition coefficient (Wildman–Crippen LogP) is 5.57. The Balaban J connectivity index is 1.39. The first-order chi connectivity index (χ1) is 17.5. The number of benzene rings is 4. The Morgan fingerprint density at radius 1 is 0.861 bits per heavy atom. The quantitative estimate of drug-likeness (QED) is 0.347. The summed E-state index contributed by atoms with van der Waals surface area (Å²) in [5.41, 5.74) is 1.74. The Labute approximate surface area is 215 Å². The van der Waals surface area contributed by atoms with Gasteiger partial charge in [0.15, 0.2) is 6.10 Å². The van der Waals surface area contributed by atoms with Gasteiger partial charge in [-0.3, -0.25) is 9.10 Å². The van der Waals surface area contributed by atoms with E-state index in [1.807, 2.05) is 60.7 Å². The fourth-order valence-electron chi connectivity index (χ4n) is 3.95. The lowest BCUT2D eigenvalue weighted by Gasteiger charge is -2.34. The zero-order valence-electron chi connectivity index (χ0n) is 19.3. The highest BCUT2D eigenvalue weighted by Gasteiger charge is 2.36. The third-order valence-electron chi connectivity index (χ3n) is 5.67. The second kappa shape index (κ2) is 10.5. The van der Waals surface area contributed by atoms with Crippen LogP contribution in [0.25, 0.3) is 0 Å². The van der Waals surface area contributed by atoms with E-state index < -0.39 is 22.0 Å². The van der Waals surface area contributed by atoms with Crippen molar-refractivity contribution in [2.24, 2.45) is 0 Å². The Morgan fingerprint density at radius 2 is 1.50 bits per heavy atom. The number of ether oxygens (including phenoxy) is 1. The smallest absolute Gasteiger partial charge is 0.267 e. The van der Waals surface area contributed by atoms with Crippen molar-refractivity contribution in [2.45, 2.75) is 21.6 Å². The van der Waals surface area contributed by atoms with Crippen molar-refractivity contribution in [1.82, 2.24) is 0 Å². The van der Waals surface area contributed by atoms with E-state index in [-0.39, 0.29) is 12.3 Å². The first-order valence-corrected chi connectivity index (χ1v) is 13.8. The van der Waals surface area contributed by atoms with Crippen LogP contribution in [0.2, 0.25) is 0 Å². The molecule has 0 aromatic heterocycles. The molecule has 1 amide bonds. The topological polar surface area (TPSA) is 75.7 Å². The average Bonchev–Trinajstić information content (AvgIpc) is 2.90. The van der Waals surface area contributed by atoms with Crippen LogP contribution in [0, 0.1) is 0 Å². The van der Waals surface area contributed by atoms with E-state index in [9.17, 15) is 13.2 Å². The third kappa shape index (κ3) is 5.40. The van der Waals surface area contributed by atoms with Crippen molar-refractivity contribution in [3.8, 4) is 5.75 Å². The molecular weight excluding hydrogens is 492 g/mol. The van der Waals surface area contributed by atoms with Gasteiger partial charge in [0.2, 0.25) is 10.0 Å². The predicted molar refractivity (Wildman–Crippen MR) is 143 cm³/mol. The van der Waals surface area contributed by atoms with Crippen LogP contribution in [0.5, 0.6) is 5.75 Å². The van der Waals surface area contributed by atoms with Crippen LogP contribution in [-0.4, -0.2) is 27.0 Å². The van der Waals surface area contributed by atoms with Crippen LogP contribution >= 0.6 is 11.8 Å². The molecule has 1 aliphatic heterocycles. The zero-order valence-corrected chi connectivity index (χ0v) is 20.9. The van der Waals surface area contributed by atoms with Gasteiger partial charge in [-0.15, -0.1) is 0 Å². The van der Waals surface area contributed by atoms with E-state index in [2.05, 4.69) is 5.32 Å². The van der Waals surface area contributed by atoms with Gasteiger partial charge >= 0.3 is 0 Å². The molecule has 4 aromatic carbocycles. The monoisotopic (exact) mass is 516 g/mol. The molecule has 182 valence electrons. The molecule has 0 radical (unpaired) electrons. The van der Waals surface area contributed by atoms with Crippen LogP contribution in [-0.2, 0) is 20.6 Å². The number of amides is 1. The number of fused-ring (bicyclic) bond motifs is 1. The number of carbonyl (C=O) groups excluding carboxylic acids is 1. The van der Waals surface area contributed by atoms with Crippen molar-refractivity contribution in [2.75, 3.05) is 16.2 Å². The average molecular weight is 517 g/mol. The molecule has 4 aromatic rings. The maximum atomic E-state index is 13.4. The summed E-state index contributed by atoms with van der Waals surface area (Å²) in [6, 6.07) is 33.3. The molecule has 36 heavy (non-hydrogen) atoms. The van der Waals surface area contributed by atoms with E-state index >= 15 is 0 Å². The Morgan fingerprint density at radius 3 is 2.28 bits per heavy atom. The first kappa shape index (κ1) is 24.0. The summed E-state index contributed by atoms with van der Waals surface area (Å²) >= 11 is 1.54. The summed E-state index contributed by atoms with van der Waals surface area (Å²) in [6.07, 6.45) is -1.01. The van der Waals surface area contributed by atoms with E-state index in [1.165, 1.54) is 16.1 Å². The third-order valence-corrected chi connectivity index (χ3v) is 8.47. The van der Waals surface area contributed by atoms with Crippen LogP contribution in [0.3, 0.4) is 0 Å². The van der Waals surface area contributed by atoms with Gasteiger partial charge in [0.1, 0.15) is 5.75 Å². The molecule has 6 nitrogen and oxygen atoms in total. The second-order valence-electron chi connectivity index (χ2n) is 8.25. The second-order valence-corrected chi connectivity index (χ2v) is 11.3. The number of sulfonamides is 1. The zero-order chi connectivity index (χ0) is 25.0. The van der Waals surface area contributed by atoms with Gasteiger partial charge < -0.3 is 10.1 Å². The number of carbonyl (C=O) groups is 1. The van der Waals surface area contributed by atoms with Gasteiger partial charge in [-0.2, -0.15) is 0 Å². The van der Waals surface area contributed by atoms with E-state index in [4.69, 9.17) is 4.74 Å². The van der Waals surface area contributed by atoms with E-state index in [1.54, 1.807) is 48.5 Å². The Kier molecular flexibility index (Phi) is 6.97. The van der Waals surface area contributed by atoms with Crippen LogP contribution in [0.1, 0.15) is 5.56 Å². The molecule has 8 heteroatoms. The molecular formula is C28H24N2O4S2. The van der Waals surface area contributed by atoms with Gasteiger partial charge in [-0.1, -0.05) is 84.6 Å². The normalized spacial score (nSPS) is 15.0. The maximum Gasteiger partial charge on any atom is 0.267 e. The van der Waals surface area contributed by atoms with Crippen molar-refractivity contribution in [1.29, 1.82) is 0 Å². The van der Waals surface area contributed by atoms with Crippen LogP contribution in [0.15, 0.2) is 119 Å². The van der Waals surface area contributed by atoms with Crippen molar-refractivity contribution < 1.29 is 17.9 Å². The molecule has 0 bridgehead atoms. The fraction of sp³-hybridized carbons (Fsp3) is 0.107. The minimum atomic E-state index is -3.77. The van der Waals surface area contributed by atoms with Crippen LogP contribution < -0.4 is 14.4 Å². The van der Waals surface area contributed by atoms with Gasteiger partial charge in [-0.05, 0) is 42.0 Å². The summed E-state index contributed by atoms with van der Waals surface area (Å²) in [6.45, 7) is -0.119. The van der Waals surface area contributed by atoms with E-state index in [0.717, 1.165) is 9.79 Å². The largest absolute Gasteiger partial charge is 0.476 e. The lowest BCUT2D eigenvalue weighted by molar-refractivity contribution is -0.122. The fourth-order valence-corrected chi connectivity index (χ4v) is 6.46. The number of rotatable bonds is 7. The molecule has 1 heterocycles. The summed E-state index contributed by atoms with van der Waals surface area (Å²) in [5, 5.41) is 2.95. The molecule has 0 saturated carbocycles. The van der Waals surface area contributed by atoms with Crippen molar-refractivity contribution in [3.05, 3.63) is 115 Å². The summed E-state index contributed by atoms with van der Waals surface area (Å²) in [5.74, 6) is -0.231. The summed E-state index contributed by atoms with van der Waals surface area (Å²) < 4.78 is 34.1. The Hall–Kier alpha value is -3.75. The highest BCUT2D eigenvalue weighted by atomic mass is 32.2. The van der Waals surface area contributed by atoms with Gasteiger partial charge in [-0.25, -0.2) is 8.42 Å².